The van der Waals surface area contributed by atoms with E-state index < -0.39 is 6.09 Å². The molecule has 1 unspecified atom stereocenters. The molecular weight excluding hydrogens is 486 g/mol. The summed E-state index contributed by atoms with van der Waals surface area (Å²) in [5.74, 6) is 1.23. The Bertz CT molecular complexity index is 1020. The number of rotatable bonds is 13. The maximum atomic E-state index is 13.7. The Hall–Kier alpha value is -3.30. The average Bonchev–Trinajstić information content (AvgIpc) is 2.93. The van der Waals surface area contributed by atoms with E-state index in [0.717, 1.165) is 24.9 Å². The zero-order chi connectivity index (χ0) is 27.3. The van der Waals surface area contributed by atoms with E-state index in [1.165, 1.54) is 0 Å². The second kappa shape index (κ2) is 15.2. The minimum atomic E-state index is -0.441. The fraction of sp³-hybridized carbons (Fsp3) is 0.517. The van der Waals surface area contributed by atoms with Crippen LogP contribution in [-0.2, 0) is 16.1 Å². The molecule has 1 aliphatic heterocycles. The monoisotopic (exact) mass is 527 g/mol. The highest BCUT2D eigenvalue weighted by Crippen LogP contribution is 2.30. The van der Waals surface area contributed by atoms with Gasteiger partial charge in [0.1, 0.15) is 6.61 Å². The summed E-state index contributed by atoms with van der Waals surface area (Å²) in [6.45, 7) is 7.25. The number of hydrogen-bond acceptors (Lipinski definition) is 7. The number of alkyl carbamates (subject to hydrolysis) is 1. The minimum Gasteiger partial charge on any atom is -0.493 e. The van der Waals surface area contributed by atoms with Crippen LogP contribution in [0.5, 0.6) is 11.5 Å². The van der Waals surface area contributed by atoms with Gasteiger partial charge in [-0.05, 0) is 56.5 Å². The van der Waals surface area contributed by atoms with Crippen molar-refractivity contribution in [3.63, 3.8) is 0 Å². The summed E-state index contributed by atoms with van der Waals surface area (Å²) in [7, 11) is 3.23. The minimum absolute atomic E-state index is 0.00924. The summed E-state index contributed by atoms with van der Waals surface area (Å²) in [4.78, 5) is 27.8. The van der Waals surface area contributed by atoms with Crippen LogP contribution < -0.4 is 20.1 Å². The molecule has 9 nitrogen and oxygen atoms in total. The Kier molecular flexibility index (Phi) is 11.7. The molecule has 0 saturated carbocycles. The summed E-state index contributed by atoms with van der Waals surface area (Å²) >= 11 is 0. The van der Waals surface area contributed by atoms with Gasteiger partial charge in [0.05, 0.1) is 13.7 Å². The maximum absolute atomic E-state index is 13.7. The van der Waals surface area contributed by atoms with Crippen LogP contribution in [0.3, 0.4) is 0 Å². The number of hydrogen-bond donors (Lipinski definition) is 2. The van der Waals surface area contributed by atoms with Crippen molar-refractivity contribution in [2.24, 2.45) is 5.92 Å². The first-order valence-corrected chi connectivity index (χ1v) is 13.2. The molecule has 1 aliphatic rings. The van der Waals surface area contributed by atoms with E-state index in [0.29, 0.717) is 43.4 Å². The quantitative estimate of drug-likeness (QED) is 0.382. The first kappa shape index (κ1) is 29.3. The van der Waals surface area contributed by atoms with E-state index in [9.17, 15) is 9.59 Å². The Morgan fingerprint density at radius 3 is 2.55 bits per heavy atom. The van der Waals surface area contributed by atoms with Crippen molar-refractivity contribution in [1.82, 2.24) is 15.5 Å². The number of amides is 2. The van der Waals surface area contributed by atoms with Gasteiger partial charge in [0, 0.05) is 50.9 Å². The molecule has 208 valence electrons. The molecular formula is C29H41N3O6. The van der Waals surface area contributed by atoms with E-state index in [1.54, 1.807) is 32.4 Å². The first-order chi connectivity index (χ1) is 18.4. The summed E-state index contributed by atoms with van der Waals surface area (Å²) in [5.41, 5.74) is 1.49. The molecule has 3 rings (SSSR count). The van der Waals surface area contributed by atoms with Crippen molar-refractivity contribution in [3.8, 4) is 11.5 Å². The molecule has 0 aliphatic carbocycles. The standard InChI is InChI=1S/C29H41N3O6/c1-21(2)32(28(33)24-11-12-26(36-4)27(16-24)37-14-8-13-35-3)25-15-23(17-30-19-25)18-31-29(34)38-20-22-9-6-5-7-10-22/h5-7,9-12,16,21,23,25,30H,8,13-15,17-20H2,1-4H3,(H,31,34)/t23?,25-/m1/s1. The third-order valence-corrected chi connectivity index (χ3v) is 6.51. The van der Waals surface area contributed by atoms with Crippen molar-refractivity contribution < 1.29 is 28.5 Å². The fourth-order valence-electron chi connectivity index (χ4n) is 4.65. The molecule has 1 fully saturated rings. The van der Waals surface area contributed by atoms with E-state index in [2.05, 4.69) is 10.6 Å². The highest BCUT2D eigenvalue weighted by atomic mass is 16.5. The van der Waals surface area contributed by atoms with Gasteiger partial charge >= 0.3 is 6.09 Å². The lowest BCUT2D eigenvalue weighted by atomic mass is 9.93. The van der Waals surface area contributed by atoms with Crippen molar-refractivity contribution >= 4 is 12.0 Å². The molecule has 1 heterocycles. The second-order valence-corrected chi connectivity index (χ2v) is 9.72. The molecule has 2 atom stereocenters. The molecule has 0 spiro atoms. The molecule has 38 heavy (non-hydrogen) atoms. The maximum Gasteiger partial charge on any atom is 0.407 e. The zero-order valence-corrected chi connectivity index (χ0v) is 22.9. The van der Waals surface area contributed by atoms with Crippen LogP contribution in [0.25, 0.3) is 0 Å². The van der Waals surface area contributed by atoms with Crippen LogP contribution in [0, 0.1) is 5.92 Å². The third kappa shape index (κ3) is 8.63. The summed E-state index contributed by atoms with van der Waals surface area (Å²) in [5, 5.41) is 6.31. The van der Waals surface area contributed by atoms with Gasteiger partial charge in [0.25, 0.3) is 5.91 Å². The molecule has 2 aromatic rings. The summed E-state index contributed by atoms with van der Waals surface area (Å²) in [6, 6.07) is 14.8. The van der Waals surface area contributed by atoms with Gasteiger partial charge in [0.2, 0.25) is 0 Å². The van der Waals surface area contributed by atoms with Gasteiger partial charge in [-0.2, -0.15) is 0 Å². The number of piperidine rings is 1. The molecule has 2 aromatic carbocycles. The SMILES string of the molecule is COCCCOc1cc(C(=O)N(C(C)C)[C@H]2CNCC(CNC(=O)OCc3ccccc3)C2)ccc1OC. The van der Waals surface area contributed by atoms with E-state index in [-0.39, 0.29) is 30.5 Å². The van der Waals surface area contributed by atoms with Crippen molar-refractivity contribution in [2.75, 3.05) is 47.1 Å². The van der Waals surface area contributed by atoms with E-state index >= 15 is 0 Å². The normalized spacial score (nSPS) is 17.1. The van der Waals surface area contributed by atoms with Gasteiger partial charge in [0.15, 0.2) is 11.5 Å². The van der Waals surface area contributed by atoms with Crippen LogP contribution in [-0.4, -0.2) is 76.1 Å². The van der Waals surface area contributed by atoms with Crippen molar-refractivity contribution in [3.05, 3.63) is 59.7 Å². The van der Waals surface area contributed by atoms with Crippen molar-refractivity contribution in [1.29, 1.82) is 0 Å². The third-order valence-electron chi connectivity index (χ3n) is 6.51. The van der Waals surface area contributed by atoms with E-state index in [4.69, 9.17) is 18.9 Å². The van der Waals surface area contributed by atoms with Crippen LogP contribution in [0.15, 0.2) is 48.5 Å². The lowest BCUT2D eigenvalue weighted by Gasteiger charge is -2.40. The number of methoxy groups -OCH3 is 2. The van der Waals surface area contributed by atoms with Gasteiger partial charge < -0.3 is 34.5 Å². The topological polar surface area (TPSA) is 98.4 Å². The summed E-state index contributed by atoms with van der Waals surface area (Å²) in [6.07, 6.45) is 1.06. The number of benzene rings is 2. The smallest absolute Gasteiger partial charge is 0.407 e. The molecule has 0 aromatic heterocycles. The lowest BCUT2D eigenvalue weighted by Crippen LogP contribution is -2.55. The molecule has 1 saturated heterocycles. The highest BCUT2D eigenvalue weighted by molar-refractivity contribution is 5.95. The Labute approximate surface area is 225 Å². The predicted octanol–water partition coefficient (Wildman–Crippen LogP) is 3.87. The number of nitrogens with zero attached hydrogens (tertiary/aromatic N) is 1. The number of carbonyl (C=O) groups excluding carboxylic acids is 2. The van der Waals surface area contributed by atoms with Crippen LogP contribution in [0.2, 0.25) is 0 Å². The van der Waals surface area contributed by atoms with E-state index in [1.807, 2.05) is 49.1 Å². The number of ether oxygens (including phenoxy) is 4. The summed E-state index contributed by atoms with van der Waals surface area (Å²) < 4.78 is 21.7. The van der Waals surface area contributed by atoms with Gasteiger partial charge in [-0.3, -0.25) is 4.79 Å². The van der Waals surface area contributed by atoms with Gasteiger partial charge in [-0.25, -0.2) is 4.79 Å². The number of nitrogens with one attached hydrogen (secondary N) is 2. The molecule has 0 bridgehead atoms. The number of carbonyl (C=O) groups is 2. The van der Waals surface area contributed by atoms with Gasteiger partial charge in [-0.15, -0.1) is 0 Å². The zero-order valence-electron chi connectivity index (χ0n) is 22.9. The van der Waals surface area contributed by atoms with Crippen molar-refractivity contribution in [2.45, 2.75) is 45.4 Å². The molecule has 2 N–H and O–H groups in total. The molecule has 2 amide bonds. The Morgan fingerprint density at radius 1 is 1.05 bits per heavy atom. The van der Waals surface area contributed by atoms with Crippen LogP contribution in [0.4, 0.5) is 4.79 Å². The average molecular weight is 528 g/mol. The Balaban J connectivity index is 1.59. The van der Waals surface area contributed by atoms with Gasteiger partial charge in [-0.1, -0.05) is 30.3 Å². The Morgan fingerprint density at radius 2 is 1.84 bits per heavy atom. The van der Waals surface area contributed by atoms with Crippen LogP contribution >= 0.6 is 0 Å². The fourth-order valence-corrected chi connectivity index (χ4v) is 4.65. The predicted molar refractivity (Wildman–Crippen MR) is 146 cm³/mol. The second-order valence-electron chi connectivity index (χ2n) is 9.72. The molecule has 9 heteroatoms. The largest absolute Gasteiger partial charge is 0.493 e. The first-order valence-electron chi connectivity index (χ1n) is 13.2. The molecule has 0 radical (unpaired) electrons. The van der Waals surface area contributed by atoms with Crippen LogP contribution in [0.1, 0.15) is 42.6 Å². The lowest BCUT2D eigenvalue weighted by molar-refractivity contribution is 0.0534. The highest BCUT2D eigenvalue weighted by Gasteiger charge is 2.32.